The molecule has 0 saturated heterocycles. The van der Waals surface area contributed by atoms with Gasteiger partial charge in [-0.2, -0.15) is 0 Å². The normalized spacial score (nSPS) is 15.8. The van der Waals surface area contributed by atoms with Gasteiger partial charge in [-0.15, -0.1) is 23.5 Å². The highest BCUT2D eigenvalue weighted by atomic mass is 32.2. The summed E-state index contributed by atoms with van der Waals surface area (Å²) in [5.41, 5.74) is 2.61. The molecule has 3 aromatic rings. The van der Waals surface area contributed by atoms with E-state index in [1.165, 1.54) is 23.9 Å². The van der Waals surface area contributed by atoms with E-state index in [-0.39, 0.29) is 17.8 Å². The Morgan fingerprint density at radius 3 is 3.00 bits per heavy atom. The van der Waals surface area contributed by atoms with E-state index >= 15 is 0 Å². The number of amides is 1. The number of hydrogen-bond acceptors (Lipinski definition) is 5. The molecule has 2 aromatic carbocycles. The average molecular weight is 415 g/mol. The third-order valence-corrected chi connectivity index (χ3v) is 6.49. The van der Waals surface area contributed by atoms with Gasteiger partial charge in [0.25, 0.3) is 0 Å². The summed E-state index contributed by atoms with van der Waals surface area (Å²) in [6, 6.07) is 14.4. The van der Waals surface area contributed by atoms with Gasteiger partial charge in [-0.3, -0.25) is 4.79 Å². The van der Waals surface area contributed by atoms with Crippen molar-refractivity contribution < 1.29 is 13.6 Å². The minimum Gasteiger partial charge on any atom is -0.444 e. The van der Waals surface area contributed by atoms with Crippen LogP contribution in [0.2, 0.25) is 0 Å². The standard InChI is InChI=1S/C21H19FN2O2S2/c22-15-6-7-19-17(10-15)18(8-9-28-19)24-20(25)13-27-12-16-11-26-21(23-16)14-4-2-1-3-5-14/h1-7,10-11,18H,8-9,12-13H2,(H,24,25). The van der Waals surface area contributed by atoms with Crippen LogP contribution in [0.3, 0.4) is 0 Å². The van der Waals surface area contributed by atoms with Gasteiger partial charge in [0.15, 0.2) is 0 Å². The van der Waals surface area contributed by atoms with Crippen LogP contribution in [0.15, 0.2) is 64.1 Å². The Labute approximate surface area is 171 Å². The monoisotopic (exact) mass is 414 g/mol. The second-order valence-electron chi connectivity index (χ2n) is 6.44. The van der Waals surface area contributed by atoms with Crippen LogP contribution < -0.4 is 5.32 Å². The fourth-order valence-corrected chi connectivity index (χ4v) is 4.90. The number of fused-ring (bicyclic) bond motifs is 1. The predicted molar refractivity (Wildman–Crippen MR) is 111 cm³/mol. The molecule has 1 amide bonds. The molecule has 1 aliphatic heterocycles. The smallest absolute Gasteiger partial charge is 0.230 e. The van der Waals surface area contributed by atoms with Gasteiger partial charge in [0.1, 0.15) is 12.1 Å². The molecular formula is C21H19FN2O2S2. The van der Waals surface area contributed by atoms with Gasteiger partial charge in [0.05, 0.1) is 17.5 Å². The molecule has 1 aromatic heterocycles. The highest BCUT2D eigenvalue weighted by Crippen LogP contribution is 2.36. The number of oxazole rings is 1. The van der Waals surface area contributed by atoms with Crippen molar-refractivity contribution in [2.45, 2.75) is 23.1 Å². The Morgan fingerprint density at radius 2 is 2.14 bits per heavy atom. The van der Waals surface area contributed by atoms with Crippen LogP contribution in [0.25, 0.3) is 11.5 Å². The van der Waals surface area contributed by atoms with Crippen molar-refractivity contribution in [1.82, 2.24) is 10.3 Å². The molecule has 1 N–H and O–H groups in total. The molecule has 4 rings (SSSR count). The van der Waals surface area contributed by atoms with E-state index in [0.717, 1.165) is 33.9 Å². The molecular weight excluding hydrogens is 395 g/mol. The lowest BCUT2D eigenvalue weighted by molar-refractivity contribution is -0.119. The van der Waals surface area contributed by atoms with Crippen molar-refractivity contribution in [1.29, 1.82) is 0 Å². The molecule has 4 nitrogen and oxygen atoms in total. The molecule has 28 heavy (non-hydrogen) atoms. The molecule has 0 aliphatic carbocycles. The number of nitrogens with one attached hydrogen (secondary N) is 1. The number of nitrogens with zero attached hydrogens (tertiary/aromatic N) is 1. The molecule has 1 unspecified atom stereocenters. The average Bonchev–Trinajstić information content (AvgIpc) is 3.18. The van der Waals surface area contributed by atoms with Gasteiger partial charge in [0.2, 0.25) is 11.8 Å². The van der Waals surface area contributed by atoms with Crippen molar-refractivity contribution in [2.75, 3.05) is 11.5 Å². The summed E-state index contributed by atoms with van der Waals surface area (Å²) in [6.07, 6.45) is 2.44. The van der Waals surface area contributed by atoms with Gasteiger partial charge in [-0.25, -0.2) is 9.37 Å². The zero-order valence-corrected chi connectivity index (χ0v) is 16.7. The van der Waals surface area contributed by atoms with E-state index in [9.17, 15) is 9.18 Å². The van der Waals surface area contributed by atoms with Crippen LogP contribution >= 0.6 is 23.5 Å². The van der Waals surface area contributed by atoms with E-state index in [1.807, 2.05) is 30.3 Å². The first-order chi connectivity index (χ1) is 13.7. The zero-order chi connectivity index (χ0) is 19.3. The Bertz CT molecular complexity index is 962. The van der Waals surface area contributed by atoms with Gasteiger partial charge < -0.3 is 9.73 Å². The number of thioether (sulfide) groups is 2. The van der Waals surface area contributed by atoms with Crippen LogP contribution in [0.5, 0.6) is 0 Å². The summed E-state index contributed by atoms with van der Waals surface area (Å²) in [5.74, 6) is 2.09. The lowest BCUT2D eigenvalue weighted by Crippen LogP contribution is -2.32. The minimum atomic E-state index is -0.268. The Kier molecular flexibility index (Phi) is 6.02. The largest absolute Gasteiger partial charge is 0.444 e. The fraction of sp³-hybridized carbons (Fsp3) is 0.238. The molecule has 7 heteroatoms. The Hall–Kier alpha value is -2.25. The minimum absolute atomic E-state index is 0.0520. The van der Waals surface area contributed by atoms with E-state index in [4.69, 9.17) is 4.42 Å². The molecule has 0 fully saturated rings. The number of carbonyl (C=O) groups excluding carboxylic acids is 1. The third-order valence-electron chi connectivity index (χ3n) is 4.40. The van der Waals surface area contributed by atoms with Crippen LogP contribution in [0.4, 0.5) is 4.39 Å². The maximum absolute atomic E-state index is 13.6. The van der Waals surface area contributed by atoms with E-state index in [1.54, 1.807) is 24.1 Å². The Morgan fingerprint density at radius 1 is 1.29 bits per heavy atom. The molecule has 1 aliphatic rings. The molecule has 0 spiro atoms. The van der Waals surface area contributed by atoms with Crippen molar-refractivity contribution in [3.8, 4) is 11.5 Å². The van der Waals surface area contributed by atoms with Crippen molar-refractivity contribution >= 4 is 29.4 Å². The molecule has 0 bridgehead atoms. The van der Waals surface area contributed by atoms with Crippen LogP contribution in [0, 0.1) is 5.82 Å². The lowest BCUT2D eigenvalue weighted by atomic mass is 10.0. The van der Waals surface area contributed by atoms with E-state index in [0.29, 0.717) is 17.4 Å². The maximum Gasteiger partial charge on any atom is 0.230 e. The molecule has 0 saturated carbocycles. The number of hydrogen-bond donors (Lipinski definition) is 1. The van der Waals surface area contributed by atoms with E-state index in [2.05, 4.69) is 10.3 Å². The summed E-state index contributed by atoms with van der Waals surface area (Å²) in [4.78, 5) is 17.9. The van der Waals surface area contributed by atoms with Crippen LogP contribution in [-0.4, -0.2) is 22.4 Å². The first-order valence-electron chi connectivity index (χ1n) is 8.98. The number of benzene rings is 2. The van der Waals surface area contributed by atoms with Gasteiger partial charge in [-0.05, 0) is 42.3 Å². The first-order valence-corrected chi connectivity index (χ1v) is 11.1. The van der Waals surface area contributed by atoms with E-state index < -0.39 is 0 Å². The SMILES string of the molecule is O=C(CSCc1coc(-c2ccccc2)n1)NC1CCSc2ccc(F)cc21. The van der Waals surface area contributed by atoms with Crippen molar-refractivity contribution in [2.24, 2.45) is 0 Å². The van der Waals surface area contributed by atoms with Crippen LogP contribution in [0.1, 0.15) is 23.7 Å². The summed E-state index contributed by atoms with van der Waals surface area (Å²) in [5, 5.41) is 3.04. The maximum atomic E-state index is 13.6. The van der Waals surface area contributed by atoms with Gasteiger partial charge in [0, 0.05) is 22.0 Å². The fourth-order valence-electron chi connectivity index (χ4n) is 3.09. The highest BCUT2D eigenvalue weighted by molar-refractivity contribution is 7.99. The van der Waals surface area contributed by atoms with Crippen molar-refractivity contribution in [3.05, 3.63) is 71.9 Å². The summed E-state index contributed by atoms with van der Waals surface area (Å²) in [7, 11) is 0. The van der Waals surface area contributed by atoms with Gasteiger partial charge in [-0.1, -0.05) is 18.2 Å². The summed E-state index contributed by atoms with van der Waals surface area (Å²) >= 11 is 3.18. The number of rotatable bonds is 6. The molecule has 0 radical (unpaired) electrons. The van der Waals surface area contributed by atoms with Crippen LogP contribution in [-0.2, 0) is 10.5 Å². The quantitative estimate of drug-likeness (QED) is 0.610. The second-order valence-corrected chi connectivity index (χ2v) is 8.56. The second kappa shape index (κ2) is 8.84. The highest BCUT2D eigenvalue weighted by Gasteiger charge is 2.22. The first kappa shape index (κ1) is 19.1. The molecule has 2 heterocycles. The van der Waals surface area contributed by atoms with Gasteiger partial charge >= 0.3 is 0 Å². The zero-order valence-electron chi connectivity index (χ0n) is 15.1. The predicted octanol–water partition coefficient (Wildman–Crippen LogP) is 5.07. The number of aromatic nitrogens is 1. The molecule has 144 valence electrons. The third kappa shape index (κ3) is 4.59. The van der Waals surface area contributed by atoms with Crippen molar-refractivity contribution in [3.63, 3.8) is 0 Å². The summed E-state index contributed by atoms with van der Waals surface area (Å²) < 4.78 is 19.1. The number of halogens is 1. The lowest BCUT2D eigenvalue weighted by Gasteiger charge is -2.26. The Balaban J connectivity index is 1.29. The topological polar surface area (TPSA) is 55.1 Å². The summed E-state index contributed by atoms with van der Waals surface area (Å²) in [6.45, 7) is 0. The number of carbonyl (C=O) groups is 1. The molecule has 1 atom stereocenters.